The highest BCUT2D eigenvalue weighted by molar-refractivity contribution is 6.19. The zero-order valence-electron chi connectivity index (χ0n) is 24.3. The van der Waals surface area contributed by atoms with Crippen LogP contribution in [0.1, 0.15) is 0 Å². The summed E-state index contributed by atoms with van der Waals surface area (Å²) in [6, 6.07) is 56.5. The van der Waals surface area contributed by atoms with Crippen molar-refractivity contribution in [3.8, 4) is 27.9 Å². The van der Waals surface area contributed by atoms with Gasteiger partial charge in [-0.15, -0.1) is 0 Å². The van der Waals surface area contributed by atoms with Gasteiger partial charge < -0.3 is 13.9 Å². The van der Waals surface area contributed by atoms with Crippen LogP contribution < -0.4 is 4.90 Å². The van der Waals surface area contributed by atoms with Crippen molar-refractivity contribution in [1.29, 1.82) is 0 Å². The van der Waals surface area contributed by atoms with Crippen molar-refractivity contribution in [2.45, 2.75) is 0 Å². The minimum Gasteiger partial charge on any atom is -0.454 e. The van der Waals surface area contributed by atoms with Gasteiger partial charge in [-0.2, -0.15) is 0 Å². The van der Waals surface area contributed by atoms with Crippen molar-refractivity contribution in [2.75, 3.05) is 4.90 Å². The van der Waals surface area contributed by atoms with E-state index in [9.17, 15) is 0 Å². The van der Waals surface area contributed by atoms with Crippen molar-refractivity contribution in [3.63, 3.8) is 0 Å². The molecule has 3 heterocycles. The number of hydrogen-bond acceptors (Lipinski definition) is 2. The topological polar surface area (TPSA) is 21.3 Å². The van der Waals surface area contributed by atoms with Crippen LogP contribution in [-0.2, 0) is 0 Å². The van der Waals surface area contributed by atoms with Crippen LogP contribution in [-0.4, -0.2) is 4.57 Å². The summed E-state index contributed by atoms with van der Waals surface area (Å²) in [6.45, 7) is 0. The van der Waals surface area contributed by atoms with E-state index in [-0.39, 0.29) is 0 Å². The minimum absolute atomic E-state index is 0.899. The summed E-state index contributed by atoms with van der Waals surface area (Å²) in [7, 11) is 0. The summed E-state index contributed by atoms with van der Waals surface area (Å²) in [4.78, 5) is 2.38. The van der Waals surface area contributed by atoms with Gasteiger partial charge in [0.1, 0.15) is 5.58 Å². The standard InChI is InChI=1S/C42H26N2O/c1-2-11-27(12-3-1)28-13-8-14-29(25-28)30-23-24-35-34(26-30)32-16-9-20-38-41(32)44(35)37-19-6-5-18-36(37)43(38)39-21-10-17-33-31-15-4-7-22-40(31)45-42(33)39/h1-26H. The van der Waals surface area contributed by atoms with Gasteiger partial charge in [-0.05, 0) is 70.8 Å². The molecule has 0 amide bonds. The smallest absolute Gasteiger partial charge is 0.159 e. The second-order valence-corrected chi connectivity index (χ2v) is 11.8. The summed E-state index contributed by atoms with van der Waals surface area (Å²) < 4.78 is 8.99. The van der Waals surface area contributed by atoms with Crippen molar-refractivity contribution in [2.24, 2.45) is 0 Å². The number of anilines is 3. The van der Waals surface area contributed by atoms with E-state index in [0.717, 1.165) is 44.7 Å². The van der Waals surface area contributed by atoms with E-state index in [2.05, 4.69) is 161 Å². The summed E-state index contributed by atoms with van der Waals surface area (Å²) in [5.41, 5.74) is 13.5. The molecular formula is C42H26N2O. The molecule has 0 N–H and O–H groups in total. The molecule has 0 aliphatic carbocycles. The second-order valence-electron chi connectivity index (χ2n) is 11.8. The number of aromatic nitrogens is 1. The molecule has 1 aliphatic rings. The number of benzene rings is 7. The molecule has 10 rings (SSSR count). The molecule has 0 radical (unpaired) electrons. The highest BCUT2D eigenvalue weighted by Gasteiger charge is 2.30. The van der Waals surface area contributed by atoms with E-state index in [1.807, 2.05) is 6.07 Å². The second kappa shape index (κ2) is 9.22. The Bertz CT molecular complexity index is 2610. The third-order valence-electron chi connectivity index (χ3n) is 9.30. The lowest BCUT2D eigenvalue weighted by atomic mass is 9.98. The molecule has 210 valence electrons. The minimum atomic E-state index is 0.899. The van der Waals surface area contributed by atoms with Gasteiger partial charge in [0.25, 0.3) is 0 Å². The molecule has 0 saturated heterocycles. The van der Waals surface area contributed by atoms with Crippen LogP contribution in [0.4, 0.5) is 17.1 Å². The summed E-state index contributed by atoms with van der Waals surface area (Å²) in [6.07, 6.45) is 0. The summed E-state index contributed by atoms with van der Waals surface area (Å²) in [5, 5.41) is 4.74. The van der Waals surface area contributed by atoms with Gasteiger partial charge in [-0.3, -0.25) is 0 Å². The molecule has 1 aliphatic heterocycles. The van der Waals surface area contributed by atoms with Crippen LogP contribution in [0.3, 0.4) is 0 Å². The molecule has 0 fully saturated rings. The van der Waals surface area contributed by atoms with E-state index in [4.69, 9.17) is 4.42 Å². The lowest BCUT2D eigenvalue weighted by molar-refractivity contribution is 0.669. The number of fused-ring (bicyclic) bond motifs is 8. The molecule has 45 heavy (non-hydrogen) atoms. The largest absolute Gasteiger partial charge is 0.454 e. The van der Waals surface area contributed by atoms with E-state index in [1.54, 1.807) is 0 Å². The predicted octanol–water partition coefficient (Wildman–Crippen LogP) is 11.8. The van der Waals surface area contributed by atoms with Crippen molar-refractivity contribution < 1.29 is 4.42 Å². The molecule has 0 bridgehead atoms. The first-order valence-corrected chi connectivity index (χ1v) is 15.4. The number of hydrogen-bond donors (Lipinski definition) is 0. The van der Waals surface area contributed by atoms with Gasteiger partial charge in [-0.1, -0.05) is 109 Å². The van der Waals surface area contributed by atoms with Crippen LogP contribution in [0.25, 0.3) is 71.7 Å². The fraction of sp³-hybridized carbons (Fsp3) is 0. The monoisotopic (exact) mass is 574 g/mol. The molecule has 0 atom stereocenters. The first kappa shape index (κ1) is 24.4. The molecule has 9 aromatic rings. The van der Waals surface area contributed by atoms with Crippen LogP contribution >= 0.6 is 0 Å². The third-order valence-corrected chi connectivity index (χ3v) is 9.30. The SMILES string of the molecule is c1ccc(-c2cccc(-c3ccc4c(c3)c3cccc5c3n4-c3ccccc3N5c3cccc4c3oc3ccccc34)c2)cc1. The molecule has 0 unspecified atom stereocenters. The highest BCUT2D eigenvalue weighted by atomic mass is 16.3. The van der Waals surface area contributed by atoms with Gasteiger partial charge in [-0.25, -0.2) is 0 Å². The Morgan fingerprint density at radius 3 is 1.89 bits per heavy atom. The lowest BCUT2D eigenvalue weighted by Crippen LogP contribution is -2.18. The Balaban J connectivity index is 1.22. The van der Waals surface area contributed by atoms with Gasteiger partial charge in [0.05, 0.1) is 33.8 Å². The number of furan rings is 1. The Hall–Kier alpha value is -6.06. The fourth-order valence-corrected chi connectivity index (χ4v) is 7.31. The fourth-order valence-electron chi connectivity index (χ4n) is 7.31. The first-order valence-electron chi connectivity index (χ1n) is 15.4. The zero-order chi connectivity index (χ0) is 29.5. The van der Waals surface area contributed by atoms with Crippen molar-refractivity contribution >= 4 is 60.8 Å². The first-order chi connectivity index (χ1) is 22.3. The van der Waals surface area contributed by atoms with Crippen LogP contribution in [0.5, 0.6) is 0 Å². The number of para-hydroxylation sites is 5. The van der Waals surface area contributed by atoms with Crippen molar-refractivity contribution in [3.05, 3.63) is 158 Å². The van der Waals surface area contributed by atoms with Gasteiger partial charge in [0.15, 0.2) is 5.58 Å². The number of rotatable bonds is 3. The Labute approximate surface area is 259 Å². The molecule has 0 spiro atoms. The quantitative estimate of drug-likeness (QED) is 0.209. The Morgan fingerprint density at radius 1 is 0.378 bits per heavy atom. The molecule has 3 nitrogen and oxygen atoms in total. The van der Waals surface area contributed by atoms with Gasteiger partial charge in [0.2, 0.25) is 0 Å². The zero-order valence-corrected chi connectivity index (χ0v) is 24.3. The Morgan fingerprint density at radius 2 is 1.00 bits per heavy atom. The van der Waals surface area contributed by atoms with Gasteiger partial charge in [0, 0.05) is 21.5 Å². The van der Waals surface area contributed by atoms with E-state index < -0.39 is 0 Å². The maximum Gasteiger partial charge on any atom is 0.159 e. The van der Waals surface area contributed by atoms with E-state index in [1.165, 1.54) is 44.1 Å². The van der Waals surface area contributed by atoms with Crippen LogP contribution in [0.15, 0.2) is 162 Å². The maximum absolute atomic E-state index is 6.55. The van der Waals surface area contributed by atoms with E-state index >= 15 is 0 Å². The normalized spacial score (nSPS) is 12.4. The maximum atomic E-state index is 6.55. The van der Waals surface area contributed by atoms with Crippen LogP contribution in [0, 0.1) is 0 Å². The highest BCUT2D eigenvalue weighted by Crippen LogP contribution is 2.51. The predicted molar refractivity (Wildman–Crippen MR) is 187 cm³/mol. The van der Waals surface area contributed by atoms with Gasteiger partial charge >= 0.3 is 0 Å². The van der Waals surface area contributed by atoms with Crippen molar-refractivity contribution in [1.82, 2.24) is 4.57 Å². The molecule has 2 aromatic heterocycles. The Kier molecular flexibility index (Phi) is 5.00. The lowest BCUT2D eigenvalue weighted by Gasteiger charge is -2.33. The molecular weight excluding hydrogens is 548 g/mol. The third kappa shape index (κ3) is 3.46. The molecule has 7 aromatic carbocycles. The average molecular weight is 575 g/mol. The molecule has 3 heteroatoms. The summed E-state index contributed by atoms with van der Waals surface area (Å²) >= 11 is 0. The average Bonchev–Trinajstić information content (AvgIpc) is 3.66. The molecule has 0 saturated carbocycles. The summed E-state index contributed by atoms with van der Waals surface area (Å²) in [5.74, 6) is 0. The number of nitrogens with zero attached hydrogens (tertiary/aromatic N) is 2. The van der Waals surface area contributed by atoms with E-state index in [0.29, 0.717) is 0 Å². The van der Waals surface area contributed by atoms with Crippen LogP contribution in [0.2, 0.25) is 0 Å².